The average Bonchev–Trinajstić information content (AvgIpc) is 3.04. The fourth-order valence-electron chi connectivity index (χ4n) is 8.03. The fraction of sp³-hybridized carbons (Fsp3) is 0.857. The zero-order valence-corrected chi connectivity index (χ0v) is 20.3. The van der Waals surface area contributed by atoms with Crippen molar-refractivity contribution in [1.82, 2.24) is 0 Å². The third-order valence-electron chi connectivity index (χ3n) is 10.5. The van der Waals surface area contributed by atoms with Gasteiger partial charge in [0.15, 0.2) is 0 Å². The highest BCUT2D eigenvalue weighted by Gasteiger charge is 2.57. The first-order valence-corrected chi connectivity index (χ1v) is 12.9. The molecule has 0 heterocycles. The van der Waals surface area contributed by atoms with Gasteiger partial charge in [0.1, 0.15) is 0 Å². The van der Waals surface area contributed by atoms with Gasteiger partial charge in [0.25, 0.3) is 0 Å². The summed E-state index contributed by atoms with van der Waals surface area (Å²) >= 11 is 0. The third kappa shape index (κ3) is 3.54. The molecular formula is C28H46O2. The molecule has 4 rings (SSSR count). The van der Waals surface area contributed by atoms with E-state index in [4.69, 9.17) is 0 Å². The van der Waals surface area contributed by atoms with Gasteiger partial charge in [0.2, 0.25) is 0 Å². The molecule has 1 unspecified atom stereocenters. The molecule has 2 fully saturated rings. The van der Waals surface area contributed by atoms with Gasteiger partial charge in [-0.15, -0.1) is 0 Å². The molecule has 0 amide bonds. The molecule has 9 atom stereocenters. The summed E-state index contributed by atoms with van der Waals surface area (Å²) in [5.41, 5.74) is 3.60. The Labute approximate surface area is 185 Å². The van der Waals surface area contributed by atoms with Crippen molar-refractivity contribution >= 4 is 0 Å². The Hall–Kier alpha value is -0.600. The lowest BCUT2D eigenvalue weighted by Crippen LogP contribution is -2.49. The molecule has 170 valence electrons. The normalized spacial score (nSPS) is 46.0. The van der Waals surface area contributed by atoms with Crippen molar-refractivity contribution in [3.05, 3.63) is 23.3 Å². The van der Waals surface area contributed by atoms with E-state index in [9.17, 15) is 10.2 Å². The van der Waals surface area contributed by atoms with Crippen molar-refractivity contribution in [2.45, 2.75) is 105 Å². The molecule has 2 nitrogen and oxygen atoms in total. The molecular weight excluding hydrogens is 368 g/mol. The summed E-state index contributed by atoms with van der Waals surface area (Å²) in [6, 6.07) is 0. The SMILES string of the molecule is CC(C)[C@@H](C)C=C[C@@H](C)[C@H]1CC[C@H]2C3=C(CC[C@]12C)[C@@]1(C)CC[C@H](O)CC1C[C@H]3O. The van der Waals surface area contributed by atoms with Crippen LogP contribution in [0.3, 0.4) is 0 Å². The van der Waals surface area contributed by atoms with E-state index >= 15 is 0 Å². The fourth-order valence-corrected chi connectivity index (χ4v) is 8.03. The first-order chi connectivity index (χ1) is 14.1. The van der Waals surface area contributed by atoms with Gasteiger partial charge in [-0.1, -0.05) is 59.3 Å². The smallest absolute Gasteiger partial charge is 0.0758 e. The summed E-state index contributed by atoms with van der Waals surface area (Å²) in [7, 11) is 0. The van der Waals surface area contributed by atoms with Crippen LogP contribution in [0.5, 0.6) is 0 Å². The molecule has 30 heavy (non-hydrogen) atoms. The van der Waals surface area contributed by atoms with Gasteiger partial charge >= 0.3 is 0 Å². The molecule has 4 aliphatic rings. The van der Waals surface area contributed by atoms with Crippen LogP contribution in [-0.2, 0) is 0 Å². The Balaban J connectivity index is 1.61. The topological polar surface area (TPSA) is 40.5 Å². The van der Waals surface area contributed by atoms with E-state index in [1.165, 1.54) is 24.8 Å². The second kappa shape index (κ2) is 8.07. The van der Waals surface area contributed by atoms with Crippen LogP contribution in [0.2, 0.25) is 0 Å². The van der Waals surface area contributed by atoms with Crippen molar-refractivity contribution in [2.24, 2.45) is 46.3 Å². The minimum atomic E-state index is -0.279. The Morgan fingerprint density at radius 2 is 1.67 bits per heavy atom. The van der Waals surface area contributed by atoms with Crippen LogP contribution in [0, 0.1) is 46.3 Å². The largest absolute Gasteiger partial charge is 0.393 e. The van der Waals surface area contributed by atoms with Crippen LogP contribution in [0.25, 0.3) is 0 Å². The molecule has 0 aliphatic heterocycles. The average molecular weight is 415 g/mol. The standard InChI is InChI=1S/C28H46O2/c1-17(2)18(3)7-8-19(4)22-9-10-23-26-24(12-14-28(22,23)6)27(5)13-11-21(29)15-20(27)16-25(26)30/h7-8,17-23,25,29-30H,9-16H2,1-6H3/t18-,19+,20?,21-,22+,23-,25+,27-,28+/m0/s1. The zero-order valence-electron chi connectivity index (χ0n) is 20.3. The van der Waals surface area contributed by atoms with Gasteiger partial charge in [0.05, 0.1) is 12.2 Å². The van der Waals surface area contributed by atoms with Crippen LogP contribution >= 0.6 is 0 Å². The number of hydrogen-bond acceptors (Lipinski definition) is 2. The molecule has 2 saturated carbocycles. The number of aliphatic hydroxyl groups excluding tert-OH is 2. The summed E-state index contributed by atoms with van der Waals surface area (Å²) in [6.07, 6.45) is 13.3. The monoisotopic (exact) mass is 414 g/mol. The molecule has 4 aliphatic carbocycles. The lowest BCUT2D eigenvalue weighted by molar-refractivity contribution is -0.0151. The summed E-state index contributed by atoms with van der Waals surface area (Å²) < 4.78 is 0. The Bertz CT molecular complexity index is 705. The van der Waals surface area contributed by atoms with Crippen LogP contribution in [0.15, 0.2) is 23.3 Å². The van der Waals surface area contributed by atoms with Crippen molar-refractivity contribution < 1.29 is 10.2 Å². The number of rotatable bonds is 4. The molecule has 0 aromatic rings. The number of fused-ring (bicyclic) bond motifs is 4. The second-order valence-corrected chi connectivity index (χ2v) is 12.3. The zero-order chi connectivity index (χ0) is 21.8. The van der Waals surface area contributed by atoms with Crippen LogP contribution < -0.4 is 0 Å². The summed E-state index contributed by atoms with van der Waals surface area (Å²) in [6.45, 7) is 14.4. The maximum absolute atomic E-state index is 11.3. The lowest BCUT2D eigenvalue weighted by atomic mass is 9.50. The van der Waals surface area contributed by atoms with E-state index in [2.05, 4.69) is 53.7 Å². The number of hydrogen-bond donors (Lipinski definition) is 2. The molecule has 0 bridgehead atoms. The van der Waals surface area contributed by atoms with E-state index in [1.807, 2.05) is 0 Å². The summed E-state index contributed by atoms with van der Waals surface area (Å²) in [4.78, 5) is 0. The van der Waals surface area contributed by atoms with Gasteiger partial charge in [-0.2, -0.15) is 0 Å². The van der Waals surface area contributed by atoms with Crippen molar-refractivity contribution in [3.63, 3.8) is 0 Å². The van der Waals surface area contributed by atoms with Gasteiger partial charge in [0, 0.05) is 0 Å². The molecule has 2 heteroatoms. The molecule has 0 aromatic carbocycles. The minimum Gasteiger partial charge on any atom is -0.393 e. The van der Waals surface area contributed by atoms with E-state index in [0.717, 1.165) is 38.0 Å². The molecule has 0 spiro atoms. The number of aliphatic hydroxyl groups is 2. The first kappa shape index (κ1) is 22.6. The number of allylic oxidation sites excluding steroid dienone is 3. The van der Waals surface area contributed by atoms with Crippen molar-refractivity contribution in [1.29, 1.82) is 0 Å². The van der Waals surface area contributed by atoms with E-state index in [0.29, 0.717) is 35.0 Å². The molecule has 2 N–H and O–H groups in total. The van der Waals surface area contributed by atoms with Crippen molar-refractivity contribution in [3.8, 4) is 0 Å². The van der Waals surface area contributed by atoms with Gasteiger partial charge in [-0.05, 0) is 103 Å². The highest BCUT2D eigenvalue weighted by atomic mass is 16.3. The van der Waals surface area contributed by atoms with Gasteiger partial charge < -0.3 is 10.2 Å². The first-order valence-electron chi connectivity index (χ1n) is 12.9. The molecule has 0 saturated heterocycles. The van der Waals surface area contributed by atoms with Crippen LogP contribution in [-0.4, -0.2) is 22.4 Å². The van der Waals surface area contributed by atoms with Crippen LogP contribution in [0.1, 0.15) is 92.9 Å². The predicted molar refractivity (Wildman–Crippen MR) is 125 cm³/mol. The highest BCUT2D eigenvalue weighted by Crippen LogP contribution is 2.65. The highest BCUT2D eigenvalue weighted by molar-refractivity contribution is 5.37. The van der Waals surface area contributed by atoms with E-state index < -0.39 is 0 Å². The van der Waals surface area contributed by atoms with E-state index in [1.54, 1.807) is 5.57 Å². The lowest BCUT2D eigenvalue weighted by Gasteiger charge is -2.56. The molecule has 0 aromatic heterocycles. The maximum atomic E-state index is 11.3. The minimum absolute atomic E-state index is 0.164. The molecule has 0 radical (unpaired) electrons. The van der Waals surface area contributed by atoms with Crippen molar-refractivity contribution in [2.75, 3.05) is 0 Å². The van der Waals surface area contributed by atoms with Crippen LogP contribution in [0.4, 0.5) is 0 Å². The third-order valence-corrected chi connectivity index (χ3v) is 10.5. The van der Waals surface area contributed by atoms with E-state index in [-0.39, 0.29) is 17.6 Å². The second-order valence-electron chi connectivity index (χ2n) is 12.3. The summed E-state index contributed by atoms with van der Waals surface area (Å²) in [5, 5.41) is 21.6. The maximum Gasteiger partial charge on any atom is 0.0758 e. The quantitative estimate of drug-likeness (QED) is 0.514. The van der Waals surface area contributed by atoms with Gasteiger partial charge in [-0.3, -0.25) is 0 Å². The van der Waals surface area contributed by atoms with Gasteiger partial charge in [-0.25, -0.2) is 0 Å². The Morgan fingerprint density at radius 1 is 0.933 bits per heavy atom. The summed E-state index contributed by atoms with van der Waals surface area (Å²) in [5.74, 6) is 3.68. The Morgan fingerprint density at radius 3 is 2.37 bits per heavy atom. The Kier molecular flexibility index (Phi) is 6.08. The predicted octanol–water partition coefficient (Wildman–Crippen LogP) is 6.53.